The highest BCUT2D eigenvalue weighted by Gasteiger charge is 2.25. The number of carbonyl (C=O) groups is 2. The summed E-state index contributed by atoms with van der Waals surface area (Å²) in [4.78, 5) is 36.5. The summed E-state index contributed by atoms with van der Waals surface area (Å²) in [7, 11) is 1.44. The summed E-state index contributed by atoms with van der Waals surface area (Å²) in [6, 6.07) is 15.0. The van der Waals surface area contributed by atoms with Gasteiger partial charge in [0.15, 0.2) is 5.69 Å². The summed E-state index contributed by atoms with van der Waals surface area (Å²) in [5, 5.41) is 4.67. The predicted molar refractivity (Wildman–Crippen MR) is 90.8 cm³/mol. The molecule has 2 N–H and O–H groups in total. The summed E-state index contributed by atoms with van der Waals surface area (Å²) in [6.45, 7) is 0. The SMILES string of the molecule is Cn1nc(C(=O)O[C@H](C(N)=O)c2ccccc2)c2ccccc2c1=O. The maximum atomic E-state index is 12.6. The second-order valence-electron chi connectivity index (χ2n) is 5.42. The van der Waals surface area contributed by atoms with Gasteiger partial charge < -0.3 is 10.5 Å². The number of esters is 1. The van der Waals surface area contributed by atoms with Crippen molar-refractivity contribution >= 4 is 22.6 Å². The van der Waals surface area contributed by atoms with Crippen LogP contribution in [0, 0.1) is 0 Å². The summed E-state index contributed by atoms with van der Waals surface area (Å²) < 4.78 is 6.35. The van der Waals surface area contributed by atoms with Crippen molar-refractivity contribution in [3.8, 4) is 0 Å². The van der Waals surface area contributed by atoms with Crippen molar-refractivity contribution in [2.45, 2.75) is 6.10 Å². The Morgan fingerprint density at radius 2 is 1.64 bits per heavy atom. The summed E-state index contributed by atoms with van der Waals surface area (Å²) in [6.07, 6.45) is -1.24. The zero-order valence-electron chi connectivity index (χ0n) is 13.4. The number of nitrogens with zero attached hydrogens (tertiary/aromatic N) is 2. The van der Waals surface area contributed by atoms with Gasteiger partial charge in [0, 0.05) is 18.0 Å². The fourth-order valence-electron chi connectivity index (χ4n) is 2.53. The van der Waals surface area contributed by atoms with Crippen molar-refractivity contribution < 1.29 is 14.3 Å². The van der Waals surface area contributed by atoms with E-state index in [9.17, 15) is 14.4 Å². The van der Waals surface area contributed by atoms with E-state index in [2.05, 4.69) is 5.10 Å². The number of nitrogens with two attached hydrogens (primary N) is 1. The maximum absolute atomic E-state index is 12.6. The van der Waals surface area contributed by atoms with Crippen LogP contribution in [-0.2, 0) is 16.6 Å². The number of aromatic nitrogens is 2. The lowest BCUT2D eigenvalue weighted by Crippen LogP contribution is -2.28. The van der Waals surface area contributed by atoms with Crippen molar-refractivity contribution in [3.05, 3.63) is 76.2 Å². The molecule has 3 rings (SSSR count). The molecular formula is C18H15N3O4. The normalized spacial score (nSPS) is 11.9. The molecule has 0 unspecified atom stereocenters. The molecule has 7 nitrogen and oxygen atoms in total. The van der Waals surface area contributed by atoms with E-state index in [4.69, 9.17) is 10.5 Å². The largest absolute Gasteiger partial charge is 0.443 e. The highest BCUT2D eigenvalue weighted by atomic mass is 16.5. The number of amides is 1. The second kappa shape index (κ2) is 6.56. The first kappa shape index (κ1) is 16.4. The minimum absolute atomic E-state index is 0.0557. The van der Waals surface area contributed by atoms with E-state index in [1.165, 1.54) is 7.05 Å². The first-order chi connectivity index (χ1) is 12.0. The van der Waals surface area contributed by atoms with Gasteiger partial charge in [-0.25, -0.2) is 9.48 Å². The van der Waals surface area contributed by atoms with E-state index in [1.54, 1.807) is 54.6 Å². The average Bonchev–Trinajstić information content (AvgIpc) is 2.63. The maximum Gasteiger partial charge on any atom is 0.360 e. The fraction of sp³-hybridized carbons (Fsp3) is 0.111. The minimum Gasteiger partial charge on any atom is -0.443 e. The topological polar surface area (TPSA) is 104 Å². The molecule has 25 heavy (non-hydrogen) atoms. The Balaban J connectivity index is 2.04. The quantitative estimate of drug-likeness (QED) is 0.723. The van der Waals surface area contributed by atoms with Crippen LogP contribution in [0.3, 0.4) is 0 Å². The lowest BCUT2D eigenvalue weighted by atomic mass is 10.1. The number of fused-ring (bicyclic) bond motifs is 1. The number of ether oxygens (including phenoxy) is 1. The van der Waals surface area contributed by atoms with Crippen molar-refractivity contribution in [2.24, 2.45) is 12.8 Å². The van der Waals surface area contributed by atoms with Gasteiger partial charge in [-0.05, 0) is 6.07 Å². The molecule has 1 heterocycles. The summed E-state index contributed by atoms with van der Waals surface area (Å²) in [5.74, 6) is -1.63. The number of rotatable bonds is 4. The molecule has 0 saturated heterocycles. The van der Waals surface area contributed by atoms with Gasteiger partial charge >= 0.3 is 5.97 Å². The van der Waals surface area contributed by atoms with Gasteiger partial charge in [0.05, 0.1) is 5.39 Å². The van der Waals surface area contributed by atoms with Crippen molar-refractivity contribution in [1.82, 2.24) is 9.78 Å². The number of benzene rings is 2. The van der Waals surface area contributed by atoms with E-state index < -0.39 is 18.0 Å². The molecule has 0 spiro atoms. The monoisotopic (exact) mass is 337 g/mol. The third kappa shape index (κ3) is 3.12. The standard InChI is InChI=1S/C18H15N3O4/c1-21-17(23)13-10-6-5-9-12(13)14(20-21)18(24)25-15(16(19)22)11-7-3-2-4-8-11/h2-10,15H,1H3,(H2,19,22)/t15-/m0/s1. The molecule has 2 aromatic carbocycles. The Labute approximate surface area is 142 Å². The molecule has 1 amide bonds. The zero-order chi connectivity index (χ0) is 18.0. The molecule has 3 aromatic rings. The van der Waals surface area contributed by atoms with Crippen LogP contribution in [0.15, 0.2) is 59.4 Å². The number of hydrogen-bond donors (Lipinski definition) is 1. The number of primary amides is 1. The Morgan fingerprint density at radius 3 is 2.28 bits per heavy atom. The smallest absolute Gasteiger partial charge is 0.360 e. The van der Waals surface area contributed by atoms with Crippen LogP contribution in [0.5, 0.6) is 0 Å². The highest BCUT2D eigenvalue weighted by Crippen LogP contribution is 2.21. The van der Waals surface area contributed by atoms with Crippen molar-refractivity contribution in [2.75, 3.05) is 0 Å². The Hall–Kier alpha value is -3.48. The van der Waals surface area contributed by atoms with E-state index >= 15 is 0 Å². The molecule has 0 bridgehead atoms. The molecule has 0 aliphatic heterocycles. The van der Waals surface area contributed by atoms with Crippen LogP contribution < -0.4 is 11.3 Å². The van der Waals surface area contributed by atoms with E-state index in [0.717, 1.165) is 4.68 Å². The second-order valence-corrected chi connectivity index (χ2v) is 5.42. The van der Waals surface area contributed by atoms with Gasteiger partial charge in [0.2, 0.25) is 6.10 Å². The Kier molecular flexibility index (Phi) is 4.30. The summed E-state index contributed by atoms with van der Waals surface area (Å²) in [5.41, 5.74) is 5.44. The van der Waals surface area contributed by atoms with Crippen molar-refractivity contribution in [1.29, 1.82) is 0 Å². The third-order valence-electron chi connectivity index (χ3n) is 3.74. The predicted octanol–water partition coefficient (Wildman–Crippen LogP) is 1.32. The molecule has 0 aliphatic carbocycles. The van der Waals surface area contributed by atoms with Crippen LogP contribution in [0.1, 0.15) is 22.2 Å². The lowest BCUT2D eigenvalue weighted by Gasteiger charge is -2.15. The molecule has 0 fully saturated rings. The average molecular weight is 337 g/mol. The lowest BCUT2D eigenvalue weighted by molar-refractivity contribution is -0.127. The molecule has 126 valence electrons. The Bertz CT molecular complexity index is 1010. The van der Waals surface area contributed by atoms with Gasteiger partial charge in [0.25, 0.3) is 11.5 Å². The van der Waals surface area contributed by atoms with Gasteiger partial charge in [-0.3, -0.25) is 9.59 Å². The van der Waals surface area contributed by atoms with E-state index in [1.807, 2.05) is 0 Å². The van der Waals surface area contributed by atoms with Crippen LogP contribution >= 0.6 is 0 Å². The first-order valence-corrected chi connectivity index (χ1v) is 7.50. The fourth-order valence-corrected chi connectivity index (χ4v) is 2.53. The highest BCUT2D eigenvalue weighted by molar-refractivity contribution is 6.02. The van der Waals surface area contributed by atoms with Gasteiger partial charge in [-0.2, -0.15) is 5.10 Å². The van der Waals surface area contributed by atoms with Gasteiger partial charge in [-0.15, -0.1) is 0 Å². The molecule has 1 atom stereocenters. The molecule has 0 radical (unpaired) electrons. The van der Waals surface area contributed by atoms with Gasteiger partial charge in [-0.1, -0.05) is 48.5 Å². The third-order valence-corrected chi connectivity index (χ3v) is 3.74. The first-order valence-electron chi connectivity index (χ1n) is 7.50. The number of hydrogen-bond acceptors (Lipinski definition) is 5. The van der Waals surface area contributed by atoms with Crippen LogP contribution in [0.25, 0.3) is 10.8 Å². The van der Waals surface area contributed by atoms with Gasteiger partial charge in [0.1, 0.15) is 0 Å². The number of aryl methyl sites for hydroxylation is 1. The molecule has 0 saturated carbocycles. The van der Waals surface area contributed by atoms with Crippen LogP contribution in [0.4, 0.5) is 0 Å². The zero-order valence-corrected chi connectivity index (χ0v) is 13.4. The molecule has 0 aliphatic rings. The molecule has 1 aromatic heterocycles. The summed E-state index contributed by atoms with van der Waals surface area (Å²) >= 11 is 0. The Morgan fingerprint density at radius 1 is 1.04 bits per heavy atom. The van der Waals surface area contributed by atoms with Crippen LogP contribution in [0.2, 0.25) is 0 Å². The molecular weight excluding hydrogens is 322 g/mol. The van der Waals surface area contributed by atoms with E-state index in [-0.39, 0.29) is 11.3 Å². The van der Waals surface area contributed by atoms with E-state index in [0.29, 0.717) is 16.3 Å². The minimum atomic E-state index is -1.24. The van der Waals surface area contributed by atoms with Crippen LogP contribution in [-0.4, -0.2) is 21.7 Å². The van der Waals surface area contributed by atoms with Crippen molar-refractivity contribution in [3.63, 3.8) is 0 Å². The number of carbonyl (C=O) groups excluding carboxylic acids is 2. The molecule has 7 heteroatoms.